The number of primary amides is 1. The molecule has 0 saturated heterocycles. The lowest BCUT2D eigenvalue weighted by Gasteiger charge is -2.27. The quantitative estimate of drug-likeness (QED) is 0.475. The number of carbonyl (C=O) groups excluding carboxylic acids is 1. The second kappa shape index (κ2) is 9.12. The Kier molecular flexibility index (Phi) is 7.78. The lowest BCUT2D eigenvalue weighted by molar-refractivity contribution is -0.0305. The average Bonchev–Trinajstić information content (AvgIpc) is 2.35. The summed E-state index contributed by atoms with van der Waals surface area (Å²) in [6.07, 6.45) is 4.51. The summed E-state index contributed by atoms with van der Waals surface area (Å²) in [4.78, 5) is 10.4. The molecule has 3 atom stereocenters. The lowest BCUT2D eigenvalue weighted by Crippen LogP contribution is -2.39. The molecule has 19 heavy (non-hydrogen) atoms. The van der Waals surface area contributed by atoms with Crippen LogP contribution in [0, 0.1) is 5.92 Å². The van der Waals surface area contributed by atoms with E-state index < -0.39 is 12.1 Å². The molecule has 0 aliphatic heterocycles. The van der Waals surface area contributed by atoms with Crippen molar-refractivity contribution in [1.29, 1.82) is 0 Å². The molecule has 1 aliphatic carbocycles. The van der Waals surface area contributed by atoms with Gasteiger partial charge in [0.15, 0.2) is 0 Å². The van der Waals surface area contributed by atoms with E-state index in [1.165, 1.54) is 12.8 Å². The summed E-state index contributed by atoms with van der Waals surface area (Å²) in [5, 5.41) is 15.3. The minimum absolute atomic E-state index is 0.301. The van der Waals surface area contributed by atoms with Crippen LogP contribution < -0.4 is 16.4 Å². The number of ether oxygens (including phenoxy) is 1. The molecular formula is C13H27N3O3. The van der Waals surface area contributed by atoms with Crippen LogP contribution in [0.3, 0.4) is 0 Å². The van der Waals surface area contributed by atoms with Crippen molar-refractivity contribution in [2.24, 2.45) is 11.7 Å². The highest BCUT2D eigenvalue weighted by Crippen LogP contribution is 2.25. The van der Waals surface area contributed by atoms with E-state index in [2.05, 4.69) is 17.6 Å². The van der Waals surface area contributed by atoms with Crippen molar-refractivity contribution in [3.8, 4) is 0 Å². The molecule has 0 aromatic carbocycles. The van der Waals surface area contributed by atoms with Gasteiger partial charge in [-0.3, -0.25) is 0 Å². The molecule has 1 rings (SSSR count). The number of nitrogens with two attached hydrogens (primary N) is 1. The van der Waals surface area contributed by atoms with Crippen LogP contribution in [0.25, 0.3) is 0 Å². The smallest absolute Gasteiger partial charge is 0.312 e. The maximum absolute atomic E-state index is 10.4. The van der Waals surface area contributed by atoms with Crippen LogP contribution >= 0.6 is 0 Å². The van der Waals surface area contributed by atoms with Gasteiger partial charge in [-0.15, -0.1) is 0 Å². The van der Waals surface area contributed by atoms with Crippen molar-refractivity contribution in [2.75, 3.05) is 26.2 Å². The van der Waals surface area contributed by atoms with E-state index in [1.54, 1.807) is 0 Å². The second-order valence-electron chi connectivity index (χ2n) is 5.38. The third kappa shape index (κ3) is 8.02. The van der Waals surface area contributed by atoms with Crippen molar-refractivity contribution in [3.63, 3.8) is 0 Å². The molecule has 3 unspecified atom stereocenters. The Hall–Kier alpha value is -0.850. The van der Waals surface area contributed by atoms with Crippen LogP contribution in [0.1, 0.15) is 32.6 Å². The normalized spacial score (nSPS) is 24.9. The van der Waals surface area contributed by atoms with Crippen molar-refractivity contribution < 1.29 is 14.6 Å². The first-order valence-electron chi connectivity index (χ1n) is 7.11. The van der Waals surface area contributed by atoms with Gasteiger partial charge in [0.2, 0.25) is 0 Å². The van der Waals surface area contributed by atoms with Gasteiger partial charge in [-0.25, -0.2) is 4.79 Å². The SMILES string of the molecule is CC1CCCC(OCC(O)CNCCNC(N)=O)C1. The van der Waals surface area contributed by atoms with Gasteiger partial charge in [0.05, 0.1) is 18.8 Å². The van der Waals surface area contributed by atoms with Crippen molar-refractivity contribution in [2.45, 2.75) is 44.8 Å². The largest absolute Gasteiger partial charge is 0.389 e. The first kappa shape index (κ1) is 16.2. The fourth-order valence-corrected chi connectivity index (χ4v) is 2.38. The minimum atomic E-state index is -0.530. The Labute approximate surface area is 115 Å². The molecule has 1 aliphatic rings. The number of urea groups is 1. The third-order valence-corrected chi connectivity index (χ3v) is 3.39. The zero-order chi connectivity index (χ0) is 14.1. The molecule has 0 spiro atoms. The zero-order valence-corrected chi connectivity index (χ0v) is 11.7. The fraction of sp³-hybridized carbons (Fsp3) is 0.923. The monoisotopic (exact) mass is 273 g/mol. The molecule has 0 aromatic heterocycles. The fourth-order valence-electron chi connectivity index (χ4n) is 2.38. The summed E-state index contributed by atoms with van der Waals surface area (Å²) in [5.41, 5.74) is 4.93. The van der Waals surface area contributed by atoms with Crippen LogP contribution in [0.5, 0.6) is 0 Å². The number of nitrogens with one attached hydrogen (secondary N) is 2. The van der Waals surface area contributed by atoms with Gasteiger partial charge in [-0.1, -0.05) is 19.8 Å². The second-order valence-corrected chi connectivity index (χ2v) is 5.38. The van der Waals surface area contributed by atoms with Gasteiger partial charge in [0.25, 0.3) is 0 Å². The lowest BCUT2D eigenvalue weighted by atomic mass is 9.89. The van der Waals surface area contributed by atoms with Crippen LogP contribution in [-0.2, 0) is 4.74 Å². The Balaban J connectivity index is 1.98. The summed E-state index contributed by atoms with van der Waals surface area (Å²) in [7, 11) is 0. The average molecular weight is 273 g/mol. The molecule has 6 heteroatoms. The van der Waals surface area contributed by atoms with E-state index in [-0.39, 0.29) is 0 Å². The van der Waals surface area contributed by atoms with Gasteiger partial charge >= 0.3 is 6.03 Å². The molecule has 6 nitrogen and oxygen atoms in total. The van der Waals surface area contributed by atoms with Gasteiger partial charge in [-0.2, -0.15) is 0 Å². The molecule has 0 heterocycles. The minimum Gasteiger partial charge on any atom is -0.389 e. The van der Waals surface area contributed by atoms with Crippen LogP contribution in [0.15, 0.2) is 0 Å². The highest BCUT2D eigenvalue weighted by atomic mass is 16.5. The molecule has 1 saturated carbocycles. The first-order valence-corrected chi connectivity index (χ1v) is 7.11. The van der Waals surface area contributed by atoms with Crippen LogP contribution in [0.2, 0.25) is 0 Å². The highest BCUT2D eigenvalue weighted by molar-refractivity contribution is 5.71. The van der Waals surface area contributed by atoms with Crippen LogP contribution in [0.4, 0.5) is 4.79 Å². The van der Waals surface area contributed by atoms with Gasteiger partial charge in [0, 0.05) is 19.6 Å². The number of hydrogen-bond acceptors (Lipinski definition) is 4. The number of carbonyl (C=O) groups is 1. The van der Waals surface area contributed by atoms with Crippen molar-refractivity contribution in [1.82, 2.24) is 10.6 Å². The van der Waals surface area contributed by atoms with E-state index in [0.717, 1.165) is 18.8 Å². The Bertz CT molecular complexity index is 264. The maximum Gasteiger partial charge on any atom is 0.312 e. The molecular weight excluding hydrogens is 246 g/mol. The predicted octanol–water partition coefficient (Wildman–Crippen LogP) is 0.201. The van der Waals surface area contributed by atoms with E-state index in [0.29, 0.717) is 32.3 Å². The highest BCUT2D eigenvalue weighted by Gasteiger charge is 2.20. The molecule has 0 bridgehead atoms. The van der Waals surface area contributed by atoms with Crippen LogP contribution in [-0.4, -0.2) is 49.6 Å². The van der Waals surface area contributed by atoms with Gasteiger partial charge in [0.1, 0.15) is 0 Å². The van der Waals surface area contributed by atoms with E-state index >= 15 is 0 Å². The Morgan fingerprint density at radius 2 is 2.26 bits per heavy atom. The van der Waals surface area contributed by atoms with Crippen molar-refractivity contribution in [3.05, 3.63) is 0 Å². The molecule has 0 aromatic rings. The summed E-state index contributed by atoms with van der Waals surface area (Å²) in [6, 6.07) is -0.530. The topological polar surface area (TPSA) is 96.6 Å². The standard InChI is InChI=1S/C13H27N3O3/c1-10-3-2-4-12(7-10)19-9-11(17)8-15-5-6-16-13(14)18/h10-12,15,17H,2-9H2,1H3,(H3,14,16,18). The van der Waals surface area contributed by atoms with E-state index in [4.69, 9.17) is 10.5 Å². The third-order valence-electron chi connectivity index (χ3n) is 3.39. The molecule has 5 N–H and O–H groups in total. The molecule has 1 fully saturated rings. The predicted molar refractivity (Wildman–Crippen MR) is 73.8 cm³/mol. The molecule has 112 valence electrons. The summed E-state index contributed by atoms with van der Waals surface area (Å²) in [6.45, 7) is 4.12. The van der Waals surface area contributed by atoms with Crippen molar-refractivity contribution >= 4 is 6.03 Å². The van der Waals surface area contributed by atoms with Gasteiger partial charge in [-0.05, 0) is 18.8 Å². The number of aliphatic hydroxyl groups excluding tert-OH is 1. The number of amides is 2. The van der Waals surface area contributed by atoms with Gasteiger partial charge < -0.3 is 26.2 Å². The number of aliphatic hydroxyl groups is 1. The first-order chi connectivity index (χ1) is 9.08. The summed E-state index contributed by atoms with van der Waals surface area (Å²) < 4.78 is 5.73. The Morgan fingerprint density at radius 1 is 1.47 bits per heavy atom. The van der Waals surface area contributed by atoms with E-state index in [9.17, 15) is 9.90 Å². The molecule has 2 amide bonds. The maximum atomic E-state index is 10.4. The van der Waals surface area contributed by atoms with E-state index in [1.807, 2.05) is 0 Å². The number of hydrogen-bond donors (Lipinski definition) is 4. The Morgan fingerprint density at radius 3 is 2.95 bits per heavy atom. The number of rotatable bonds is 8. The zero-order valence-electron chi connectivity index (χ0n) is 11.7. The summed E-state index contributed by atoms with van der Waals surface area (Å²) in [5.74, 6) is 0.730. The molecule has 0 radical (unpaired) electrons. The summed E-state index contributed by atoms with van der Waals surface area (Å²) >= 11 is 0.